The Bertz CT molecular complexity index is 1250. The Labute approximate surface area is 206 Å². The molecule has 6 nitrogen and oxygen atoms in total. The van der Waals surface area contributed by atoms with E-state index in [0.717, 1.165) is 53.0 Å². The number of primary amides is 1. The number of amides is 1. The average Bonchev–Trinajstić information content (AvgIpc) is 3.31. The van der Waals surface area contributed by atoms with E-state index < -0.39 is 5.91 Å². The summed E-state index contributed by atoms with van der Waals surface area (Å²) in [7, 11) is 0. The highest BCUT2D eigenvalue weighted by atomic mass is 16.5. The van der Waals surface area contributed by atoms with Crippen LogP contribution in [0.4, 0.5) is 0 Å². The highest BCUT2D eigenvalue weighted by Crippen LogP contribution is 2.32. The number of hydrogen-bond acceptors (Lipinski definition) is 4. The third-order valence-electron chi connectivity index (χ3n) is 5.87. The summed E-state index contributed by atoms with van der Waals surface area (Å²) in [5.41, 5.74) is 12.1. The van der Waals surface area contributed by atoms with Gasteiger partial charge in [0.15, 0.2) is 0 Å². The van der Waals surface area contributed by atoms with Gasteiger partial charge in [0.25, 0.3) is 0 Å². The van der Waals surface area contributed by atoms with Crippen molar-refractivity contribution in [2.75, 3.05) is 13.2 Å². The molecule has 0 fully saturated rings. The molecule has 0 atom stereocenters. The summed E-state index contributed by atoms with van der Waals surface area (Å²) >= 11 is 0. The molecule has 6 heteroatoms. The van der Waals surface area contributed by atoms with Crippen LogP contribution in [0.25, 0.3) is 33.8 Å². The lowest BCUT2D eigenvalue weighted by Gasteiger charge is -2.12. The van der Waals surface area contributed by atoms with E-state index in [2.05, 4.69) is 54.9 Å². The quantitative estimate of drug-likeness (QED) is 0.287. The molecular weight excluding hydrogens is 436 g/mol. The van der Waals surface area contributed by atoms with Gasteiger partial charge in [0, 0.05) is 41.2 Å². The standard InChI is InChI=1S/C29H32N4O2/c1-21(2)33-19-24(17-25(33)15-9-10-16-35-20-27(30)34)26-18-31-28(22-11-5-3-6-12-22)29(32-26)23-13-7-4-8-14-23/h3-8,11-14,17-19,21H,9-10,15-16,20H2,1-2H3,(H2,30,34). The number of unbranched alkanes of at least 4 members (excludes halogenated alkanes) is 1. The Morgan fingerprint density at radius 3 is 2.23 bits per heavy atom. The first kappa shape index (κ1) is 24.4. The molecule has 0 saturated heterocycles. The zero-order valence-electron chi connectivity index (χ0n) is 20.4. The van der Waals surface area contributed by atoms with E-state index in [9.17, 15) is 4.79 Å². The first-order chi connectivity index (χ1) is 17.0. The van der Waals surface area contributed by atoms with Crippen LogP contribution < -0.4 is 5.73 Å². The summed E-state index contributed by atoms with van der Waals surface area (Å²) in [6, 6.07) is 22.9. The number of aryl methyl sites for hydroxylation is 1. The predicted octanol–water partition coefficient (Wildman–Crippen LogP) is 5.68. The van der Waals surface area contributed by atoms with Crippen molar-refractivity contribution < 1.29 is 9.53 Å². The lowest BCUT2D eigenvalue weighted by Crippen LogP contribution is -2.18. The molecule has 2 aromatic carbocycles. The lowest BCUT2D eigenvalue weighted by atomic mass is 10.0. The molecule has 2 aromatic heterocycles. The average molecular weight is 469 g/mol. The summed E-state index contributed by atoms with van der Waals surface area (Å²) in [5.74, 6) is -0.433. The maximum absolute atomic E-state index is 10.8. The maximum Gasteiger partial charge on any atom is 0.243 e. The van der Waals surface area contributed by atoms with Gasteiger partial charge in [-0.1, -0.05) is 60.7 Å². The van der Waals surface area contributed by atoms with Crippen LogP contribution in [0.1, 0.15) is 38.4 Å². The number of carbonyl (C=O) groups is 1. The molecular formula is C29H32N4O2. The van der Waals surface area contributed by atoms with E-state index in [1.165, 1.54) is 5.69 Å². The fourth-order valence-electron chi connectivity index (χ4n) is 4.16. The molecule has 0 aliphatic heterocycles. The van der Waals surface area contributed by atoms with E-state index in [0.29, 0.717) is 12.6 Å². The van der Waals surface area contributed by atoms with E-state index in [1.807, 2.05) is 42.6 Å². The molecule has 4 aromatic rings. The minimum atomic E-state index is -0.433. The first-order valence-electron chi connectivity index (χ1n) is 12.1. The van der Waals surface area contributed by atoms with E-state index >= 15 is 0 Å². The van der Waals surface area contributed by atoms with E-state index in [4.69, 9.17) is 20.4 Å². The van der Waals surface area contributed by atoms with Gasteiger partial charge in [0.1, 0.15) is 6.61 Å². The summed E-state index contributed by atoms with van der Waals surface area (Å²) < 4.78 is 7.59. The van der Waals surface area contributed by atoms with Crippen molar-refractivity contribution in [1.29, 1.82) is 0 Å². The number of ether oxygens (including phenoxy) is 1. The summed E-state index contributed by atoms with van der Waals surface area (Å²) in [5, 5.41) is 0. The highest BCUT2D eigenvalue weighted by molar-refractivity contribution is 5.79. The smallest absolute Gasteiger partial charge is 0.243 e. The second kappa shape index (κ2) is 11.6. The molecule has 180 valence electrons. The van der Waals surface area contributed by atoms with E-state index in [1.54, 1.807) is 0 Å². The van der Waals surface area contributed by atoms with Crippen molar-refractivity contribution in [2.24, 2.45) is 5.73 Å². The molecule has 0 radical (unpaired) electrons. The van der Waals surface area contributed by atoms with Crippen LogP contribution >= 0.6 is 0 Å². The van der Waals surface area contributed by atoms with Gasteiger partial charge < -0.3 is 15.0 Å². The van der Waals surface area contributed by atoms with Crippen molar-refractivity contribution in [3.05, 3.63) is 84.8 Å². The van der Waals surface area contributed by atoms with Gasteiger partial charge in [-0.2, -0.15) is 0 Å². The molecule has 1 amide bonds. The molecule has 0 aliphatic carbocycles. The van der Waals surface area contributed by atoms with Gasteiger partial charge >= 0.3 is 0 Å². The molecule has 2 heterocycles. The predicted molar refractivity (Wildman–Crippen MR) is 140 cm³/mol. The number of aromatic nitrogens is 3. The number of hydrogen-bond donors (Lipinski definition) is 1. The lowest BCUT2D eigenvalue weighted by molar-refractivity contribution is -0.122. The second-order valence-corrected chi connectivity index (χ2v) is 8.88. The maximum atomic E-state index is 10.8. The normalized spacial score (nSPS) is 11.2. The SMILES string of the molecule is CC(C)n1cc(-c2cnc(-c3ccccc3)c(-c3ccccc3)n2)cc1CCCCOCC(N)=O. The number of benzene rings is 2. The van der Waals surface area contributed by atoms with Crippen LogP contribution in [-0.2, 0) is 16.0 Å². The Balaban J connectivity index is 1.62. The number of nitrogens with two attached hydrogens (primary N) is 1. The summed E-state index contributed by atoms with van der Waals surface area (Å²) in [6.45, 7) is 4.88. The fraction of sp³-hybridized carbons (Fsp3) is 0.276. The monoisotopic (exact) mass is 468 g/mol. The minimum absolute atomic E-state index is 0.0199. The molecule has 35 heavy (non-hydrogen) atoms. The van der Waals surface area contributed by atoms with Gasteiger partial charge in [-0.15, -0.1) is 0 Å². The summed E-state index contributed by atoms with van der Waals surface area (Å²) in [4.78, 5) is 20.8. The van der Waals surface area contributed by atoms with Gasteiger partial charge in [-0.25, -0.2) is 4.98 Å². The first-order valence-corrected chi connectivity index (χ1v) is 12.1. The molecule has 0 spiro atoms. The van der Waals surface area contributed by atoms with Crippen LogP contribution in [0.2, 0.25) is 0 Å². The van der Waals surface area contributed by atoms with Crippen LogP contribution in [0.15, 0.2) is 79.1 Å². The molecule has 4 rings (SSSR count). The van der Waals surface area contributed by atoms with E-state index in [-0.39, 0.29) is 6.61 Å². The molecule has 2 N–H and O–H groups in total. The zero-order chi connectivity index (χ0) is 24.6. The van der Waals surface area contributed by atoms with Crippen molar-refractivity contribution in [3.8, 4) is 33.8 Å². The second-order valence-electron chi connectivity index (χ2n) is 8.88. The highest BCUT2D eigenvalue weighted by Gasteiger charge is 2.16. The van der Waals surface area contributed by atoms with Crippen LogP contribution in [0.5, 0.6) is 0 Å². The van der Waals surface area contributed by atoms with Crippen molar-refractivity contribution in [3.63, 3.8) is 0 Å². The summed E-state index contributed by atoms with van der Waals surface area (Å²) in [6.07, 6.45) is 6.79. The topological polar surface area (TPSA) is 83.0 Å². The molecule has 0 bridgehead atoms. The number of rotatable bonds is 11. The van der Waals surface area contributed by atoms with Crippen LogP contribution in [-0.4, -0.2) is 33.7 Å². The Kier molecular flexibility index (Phi) is 8.06. The Morgan fingerprint density at radius 2 is 1.60 bits per heavy atom. The largest absolute Gasteiger partial charge is 0.372 e. The molecule has 0 unspecified atom stereocenters. The van der Waals surface area contributed by atoms with Crippen molar-refractivity contribution in [2.45, 2.75) is 39.2 Å². The fourth-order valence-corrected chi connectivity index (χ4v) is 4.16. The van der Waals surface area contributed by atoms with Gasteiger partial charge in [-0.05, 0) is 39.2 Å². The number of nitrogens with zero attached hydrogens (tertiary/aromatic N) is 3. The zero-order valence-corrected chi connectivity index (χ0v) is 20.4. The van der Waals surface area contributed by atoms with Gasteiger partial charge in [0.2, 0.25) is 5.91 Å². The molecule has 0 aliphatic rings. The number of carbonyl (C=O) groups excluding carboxylic acids is 1. The minimum Gasteiger partial charge on any atom is -0.372 e. The van der Waals surface area contributed by atoms with Gasteiger partial charge in [0.05, 0.1) is 23.3 Å². The third-order valence-corrected chi connectivity index (χ3v) is 5.87. The Morgan fingerprint density at radius 1 is 0.943 bits per heavy atom. The van der Waals surface area contributed by atoms with Crippen LogP contribution in [0, 0.1) is 0 Å². The van der Waals surface area contributed by atoms with Crippen molar-refractivity contribution >= 4 is 5.91 Å². The van der Waals surface area contributed by atoms with Gasteiger partial charge in [-0.3, -0.25) is 9.78 Å². The Hall–Kier alpha value is -3.77. The van der Waals surface area contributed by atoms with Crippen LogP contribution in [0.3, 0.4) is 0 Å². The van der Waals surface area contributed by atoms with Crippen molar-refractivity contribution in [1.82, 2.24) is 14.5 Å². The third kappa shape index (κ3) is 6.22. The molecule has 0 saturated carbocycles.